The average Bonchev–Trinajstić information content (AvgIpc) is 2.91. The highest BCUT2D eigenvalue weighted by molar-refractivity contribution is 7.99. The minimum Gasteiger partial charge on any atom is -0.508 e. The molecule has 1 atom stereocenters. The number of pyridine rings is 1. The van der Waals surface area contributed by atoms with Crippen LogP contribution in [0.4, 0.5) is 15.9 Å². The standard InChI is InChI=1S/C30H27FN4O2S/c1-18(2)26-13-12-25-29(34-26)32-17-33-30(25)35-27-16-23(37-19(3)20-5-4-6-21(31)15-20)9-14-28(27)38-24-10-7-22(36)8-11-24/h4-19,36H,1-3H3,(H,32,33,34,35). The summed E-state index contributed by atoms with van der Waals surface area (Å²) < 4.78 is 19.9. The Bertz CT molecular complexity index is 1580. The summed E-state index contributed by atoms with van der Waals surface area (Å²) in [4.78, 5) is 15.5. The Labute approximate surface area is 225 Å². The number of hydrogen-bond acceptors (Lipinski definition) is 7. The SMILES string of the molecule is CC(C)c1ccc2c(Nc3cc(OC(C)c4cccc(F)c4)ccc3Sc3ccc(O)cc3)ncnc2n1. The third-order valence-electron chi connectivity index (χ3n) is 6.01. The van der Waals surface area contributed by atoms with Crippen LogP contribution in [0.15, 0.2) is 95.0 Å². The number of fused-ring (bicyclic) bond motifs is 1. The van der Waals surface area contributed by atoms with Crippen molar-refractivity contribution >= 4 is 34.3 Å². The quantitative estimate of drug-likeness (QED) is 0.212. The van der Waals surface area contributed by atoms with E-state index in [1.165, 1.54) is 18.5 Å². The number of aromatic hydroxyl groups is 1. The second-order valence-corrected chi connectivity index (χ2v) is 10.3. The fourth-order valence-electron chi connectivity index (χ4n) is 3.95. The van der Waals surface area contributed by atoms with Gasteiger partial charge in [-0.25, -0.2) is 19.3 Å². The highest BCUT2D eigenvalue weighted by Crippen LogP contribution is 2.39. The second-order valence-electron chi connectivity index (χ2n) is 9.18. The summed E-state index contributed by atoms with van der Waals surface area (Å²) in [6.07, 6.45) is 1.15. The topological polar surface area (TPSA) is 80.2 Å². The predicted octanol–water partition coefficient (Wildman–Crippen LogP) is 8.03. The Morgan fingerprint density at radius 2 is 1.74 bits per heavy atom. The zero-order chi connectivity index (χ0) is 26.6. The molecule has 5 rings (SSSR count). The fraction of sp³-hybridized carbons (Fsp3) is 0.167. The van der Waals surface area contributed by atoms with Gasteiger partial charge in [0.25, 0.3) is 0 Å². The van der Waals surface area contributed by atoms with Gasteiger partial charge in [-0.15, -0.1) is 0 Å². The summed E-state index contributed by atoms with van der Waals surface area (Å²) in [7, 11) is 0. The summed E-state index contributed by atoms with van der Waals surface area (Å²) >= 11 is 1.54. The van der Waals surface area contributed by atoms with Gasteiger partial charge in [0.15, 0.2) is 5.65 Å². The monoisotopic (exact) mass is 526 g/mol. The number of rotatable bonds is 8. The van der Waals surface area contributed by atoms with Crippen molar-refractivity contribution in [2.45, 2.75) is 42.6 Å². The van der Waals surface area contributed by atoms with Crippen molar-refractivity contribution < 1.29 is 14.2 Å². The van der Waals surface area contributed by atoms with E-state index in [2.05, 4.69) is 29.1 Å². The van der Waals surface area contributed by atoms with Crippen LogP contribution in [0.5, 0.6) is 11.5 Å². The summed E-state index contributed by atoms with van der Waals surface area (Å²) in [6, 6.07) is 23.2. The molecule has 2 N–H and O–H groups in total. The van der Waals surface area contributed by atoms with Gasteiger partial charge < -0.3 is 15.2 Å². The number of aromatic nitrogens is 3. The van der Waals surface area contributed by atoms with E-state index in [1.807, 2.05) is 55.5 Å². The third-order valence-corrected chi connectivity index (χ3v) is 7.09. The molecule has 0 aliphatic heterocycles. The molecule has 0 fully saturated rings. The molecule has 38 heavy (non-hydrogen) atoms. The van der Waals surface area contributed by atoms with Gasteiger partial charge in [0.2, 0.25) is 0 Å². The maximum atomic E-state index is 13.8. The molecule has 2 heterocycles. The van der Waals surface area contributed by atoms with Gasteiger partial charge in [0, 0.05) is 21.6 Å². The van der Waals surface area contributed by atoms with E-state index in [-0.39, 0.29) is 23.6 Å². The second kappa shape index (κ2) is 11.1. The maximum absolute atomic E-state index is 13.8. The lowest BCUT2D eigenvalue weighted by Gasteiger charge is -2.18. The first-order chi connectivity index (χ1) is 18.4. The first-order valence-electron chi connectivity index (χ1n) is 12.3. The molecule has 0 radical (unpaired) electrons. The summed E-state index contributed by atoms with van der Waals surface area (Å²) in [5, 5.41) is 13.9. The van der Waals surface area contributed by atoms with Gasteiger partial charge in [-0.05, 0) is 79.1 Å². The summed E-state index contributed by atoms with van der Waals surface area (Å²) in [5.41, 5.74) is 3.11. The molecular weight excluding hydrogens is 499 g/mol. The van der Waals surface area contributed by atoms with E-state index in [0.29, 0.717) is 17.2 Å². The van der Waals surface area contributed by atoms with E-state index in [0.717, 1.165) is 32.1 Å². The van der Waals surface area contributed by atoms with Crippen molar-refractivity contribution in [2.24, 2.45) is 0 Å². The number of anilines is 2. The van der Waals surface area contributed by atoms with Gasteiger partial charge in [0.1, 0.15) is 35.6 Å². The molecule has 3 aromatic carbocycles. The lowest BCUT2D eigenvalue weighted by molar-refractivity contribution is 0.226. The summed E-state index contributed by atoms with van der Waals surface area (Å²) in [6.45, 7) is 6.08. The Kier molecular flexibility index (Phi) is 7.42. The number of phenols is 1. The van der Waals surface area contributed by atoms with Crippen LogP contribution in [0.3, 0.4) is 0 Å². The van der Waals surface area contributed by atoms with Crippen LogP contribution in [0.2, 0.25) is 0 Å². The number of benzene rings is 3. The largest absolute Gasteiger partial charge is 0.508 e. The van der Waals surface area contributed by atoms with Crippen LogP contribution in [0, 0.1) is 5.82 Å². The Morgan fingerprint density at radius 1 is 0.921 bits per heavy atom. The van der Waals surface area contributed by atoms with Crippen molar-refractivity contribution in [1.29, 1.82) is 0 Å². The van der Waals surface area contributed by atoms with Crippen molar-refractivity contribution in [3.63, 3.8) is 0 Å². The highest BCUT2D eigenvalue weighted by atomic mass is 32.2. The predicted molar refractivity (Wildman–Crippen MR) is 149 cm³/mol. The molecule has 8 heteroatoms. The van der Waals surface area contributed by atoms with Crippen LogP contribution < -0.4 is 10.1 Å². The first-order valence-corrected chi connectivity index (χ1v) is 13.1. The molecular formula is C30H27FN4O2S. The van der Waals surface area contributed by atoms with Crippen molar-refractivity contribution in [3.05, 3.63) is 102 Å². The lowest BCUT2D eigenvalue weighted by atomic mass is 10.1. The summed E-state index contributed by atoms with van der Waals surface area (Å²) in [5.74, 6) is 1.45. The van der Waals surface area contributed by atoms with E-state index < -0.39 is 0 Å². The fourth-order valence-corrected chi connectivity index (χ4v) is 4.83. The molecule has 0 amide bonds. The molecule has 0 saturated carbocycles. The lowest BCUT2D eigenvalue weighted by Crippen LogP contribution is -2.04. The minimum absolute atomic E-state index is 0.212. The number of hydrogen-bond donors (Lipinski definition) is 2. The molecule has 192 valence electrons. The zero-order valence-electron chi connectivity index (χ0n) is 21.2. The molecule has 0 bridgehead atoms. The molecule has 0 aliphatic rings. The Hall–Kier alpha value is -4.17. The Morgan fingerprint density at radius 3 is 2.50 bits per heavy atom. The van der Waals surface area contributed by atoms with Crippen LogP contribution in [0.25, 0.3) is 11.0 Å². The van der Waals surface area contributed by atoms with Crippen LogP contribution in [-0.2, 0) is 0 Å². The van der Waals surface area contributed by atoms with Gasteiger partial charge in [-0.1, -0.05) is 37.7 Å². The number of halogens is 1. The van der Waals surface area contributed by atoms with Crippen molar-refractivity contribution in [3.8, 4) is 11.5 Å². The van der Waals surface area contributed by atoms with E-state index >= 15 is 0 Å². The van der Waals surface area contributed by atoms with Crippen LogP contribution in [0.1, 0.15) is 44.1 Å². The van der Waals surface area contributed by atoms with Gasteiger partial charge in [0.05, 0.1) is 11.1 Å². The Balaban J connectivity index is 1.50. The van der Waals surface area contributed by atoms with E-state index in [9.17, 15) is 9.50 Å². The number of phenolic OH excluding ortho intramolecular Hbond substituents is 1. The smallest absolute Gasteiger partial charge is 0.164 e. The zero-order valence-corrected chi connectivity index (χ0v) is 22.0. The number of nitrogens with zero attached hydrogens (tertiary/aromatic N) is 3. The maximum Gasteiger partial charge on any atom is 0.164 e. The minimum atomic E-state index is -0.354. The molecule has 0 aliphatic carbocycles. The third kappa shape index (κ3) is 5.86. The molecule has 0 spiro atoms. The van der Waals surface area contributed by atoms with Gasteiger partial charge in [-0.2, -0.15) is 0 Å². The first kappa shape index (κ1) is 25.5. The average molecular weight is 527 g/mol. The van der Waals surface area contributed by atoms with E-state index in [1.54, 1.807) is 30.0 Å². The van der Waals surface area contributed by atoms with Crippen molar-refractivity contribution in [2.75, 3.05) is 5.32 Å². The normalized spacial score (nSPS) is 12.0. The molecule has 0 saturated heterocycles. The molecule has 2 aromatic heterocycles. The van der Waals surface area contributed by atoms with E-state index in [4.69, 9.17) is 9.72 Å². The number of ether oxygens (including phenoxy) is 1. The molecule has 5 aromatic rings. The number of nitrogens with one attached hydrogen (secondary N) is 1. The van der Waals surface area contributed by atoms with Gasteiger partial charge in [-0.3, -0.25) is 0 Å². The molecule has 6 nitrogen and oxygen atoms in total. The van der Waals surface area contributed by atoms with Crippen molar-refractivity contribution in [1.82, 2.24) is 15.0 Å². The van der Waals surface area contributed by atoms with Gasteiger partial charge >= 0.3 is 0 Å². The van der Waals surface area contributed by atoms with Crippen LogP contribution >= 0.6 is 11.8 Å². The highest BCUT2D eigenvalue weighted by Gasteiger charge is 2.14. The van der Waals surface area contributed by atoms with Crippen LogP contribution in [-0.4, -0.2) is 20.1 Å². The molecule has 1 unspecified atom stereocenters.